The number of nitrogens with one attached hydrogen (secondary N) is 1. The first-order valence-electron chi connectivity index (χ1n) is 7.97. The van der Waals surface area contributed by atoms with E-state index in [1.165, 1.54) is 16.9 Å². The fraction of sp³-hybridized carbons (Fsp3) is 0.158. The number of carbonyl (C=O) groups is 1. The summed E-state index contributed by atoms with van der Waals surface area (Å²) in [5.74, 6) is 0.403. The summed E-state index contributed by atoms with van der Waals surface area (Å²) < 4.78 is 7.45. The Kier molecular flexibility index (Phi) is 6.45. The van der Waals surface area contributed by atoms with Gasteiger partial charge in [-0.3, -0.25) is 10.1 Å². The number of thiazole rings is 1. The van der Waals surface area contributed by atoms with Crippen LogP contribution >= 0.6 is 43.2 Å². The van der Waals surface area contributed by atoms with Crippen molar-refractivity contribution in [2.45, 2.75) is 13.3 Å². The van der Waals surface area contributed by atoms with Crippen LogP contribution in [0.5, 0.6) is 5.75 Å². The number of benzene rings is 2. The monoisotopic (exact) mass is 494 g/mol. The Hall–Kier alpha value is -1.70. The lowest BCUT2D eigenvalue weighted by atomic mass is 10.2. The first kappa shape index (κ1) is 19.1. The van der Waals surface area contributed by atoms with E-state index in [2.05, 4.69) is 49.1 Å². The molecule has 3 rings (SSSR count). The van der Waals surface area contributed by atoms with E-state index in [0.29, 0.717) is 10.9 Å². The van der Waals surface area contributed by atoms with Gasteiger partial charge >= 0.3 is 0 Å². The summed E-state index contributed by atoms with van der Waals surface area (Å²) in [5, 5.41) is 5.24. The Morgan fingerprint density at radius 1 is 1.19 bits per heavy atom. The SMILES string of the molecule is CCc1ccc(OCC(=O)Nc2nc(-c3ccc(Br)cc3)cs2)c(Br)c1. The molecule has 0 saturated carbocycles. The molecular formula is C19H16Br2N2O2S. The fourth-order valence-corrected chi connectivity index (χ4v) is 3.81. The molecular weight excluding hydrogens is 480 g/mol. The minimum absolute atomic E-state index is 0.0722. The van der Waals surface area contributed by atoms with Gasteiger partial charge in [-0.1, -0.05) is 41.1 Å². The summed E-state index contributed by atoms with van der Waals surface area (Å²) in [6, 6.07) is 13.7. The summed E-state index contributed by atoms with van der Waals surface area (Å²) in [6.45, 7) is 2.02. The lowest BCUT2D eigenvalue weighted by molar-refractivity contribution is -0.118. The molecule has 0 spiro atoms. The van der Waals surface area contributed by atoms with Crippen LogP contribution < -0.4 is 10.1 Å². The average molecular weight is 496 g/mol. The van der Waals surface area contributed by atoms with Crippen LogP contribution in [-0.2, 0) is 11.2 Å². The van der Waals surface area contributed by atoms with Crippen molar-refractivity contribution in [3.05, 3.63) is 62.4 Å². The minimum Gasteiger partial charge on any atom is -0.483 e. The van der Waals surface area contributed by atoms with E-state index in [-0.39, 0.29) is 12.5 Å². The maximum atomic E-state index is 12.1. The molecule has 26 heavy (non-hydrogen) atoms. The molecule has 134 valence electrons. The van der Waals surface area contributed by atoms with Crippen LogP contribution in [0.1, 0.15) is 12.5 Å². The van der Waals surface area contributed by atoms with E-state index in [9.17, 15) is 4.79 Å². The second-order valence-electron chi connectivity index (χ2n) is 5.50. The molecule has 0 saturated heterocycles. The molecule has 2 aromatic carbocycles. The van der Waals surface area contributed by atoms with Crippen LogP contribution in [0, 0.1) is 0 Å². The molecule has 0 atom stereocenters. The van der Waals surface area contributed by atoms with Crippen molar-refractivity contribution in [1.29, 1.82) is 0 Å². The van der Waals surface area contributed by atoms with E-state index in [4.69, 9.17) is 4.74 Å². The molecule has 1 aromatic heterocycles. The van der Waals surface area contributed by atoms with E-state index >= 15 is 0 Å². The lowest BCUT2D eigenvalue weighted by Gasteiger charge is -2.09. The molecule has 0 aliphatic heterocycles. The van der Waals surface area contributed by atoms with E-state index in [1.54, 1.807) is 0 Å². The topological polar surface area (TPSA) is 51.2 Å². The lowest BCUT2D eigenvalue weighted by Crippen LogP contribution is -2.20. The molecule has 0 radical (unpaired) electrons. The molecule has 1 amide bonds. The van der Waals surface area contributed by atoms with Crippen LogP contribution in [-0.4, -0.2) is 17.5 Å². The van der Waals surface area contributed by atoms with Crippen LogP contribution in [0.15, 0.2) is 56.8 Å². The van der Waals surface area contributed by atoms with Crippen LogP contribution in [0.3, 0.4) is 0 Å². The molecule has 0 aliphatic carbocycles. The van der Waals surface area contributed by atoms with E-state index in [1.807, 2.05) is 47.8 Å². The first-order valence-corrected chi connectivity index (χ1v) is 10.4. The Labute approximate surface area is 172 Å². The highest BCUT2D eigenvalue weighted by Crippen LogP contribution is 2.27. The second-order valence-corrected chi connectivity index (χ2v) is 8.13. The number of halogens is 2. The minimum atomic E-state index is -0.242. The maximum Gasteiger partial charge on any atom is 0.264 e. The quantitative estimate of drug-likeness (QED) is 0.462. The zero-order valence-electron chi connectivity index (χ0n) is 14.0. The highest BCUT2D eigenvalue weighted by atomic mass is 79.9. The summed E-state index contributed by atoms with van der Waals surface area (Å²) in [5.41, 5.74) is 3.04. The maximum absolute atomic E-state index is 12.1. The highest BCUT2D eigenvalue weighted by Gasteiger charge is 2.10. The Morgan fingerprint density at radius 3 is 2.65 bits per heavy atom. The average Bonchev–Trinajstić information content (AvgIpc) is 3.09. The van der Waals surface area contributed by atoms with Crippen molar-refractivity contribution in [2.75, 3.05) is 11.9 Å². The normalized spacial score (nSPS) is 10.6. The molecule has 1 N–H and O–H groups in total. The van der Waals surface area contributed by atoms with Gasteiger partial charge in [0.05, 0.1) is 10.2 Å². The molecule has 0 aliphatic rings. The molecule has 0 fully saturated rings. The van der Waals surface area contributed by atoms with Gasteiger partial charge in [-0.15, -0.1) is 11.3 Å². The molecule has 4 nitrogen and oxygen atoms in total. The van der Waals surface area contributed by atoms with Crippen LogP contribution in [0.2, 0.25) is 0 Å². The number of nitrogens with zero attached hydrogens (tertiary/aromatic N) is 1. The zero-order chi connectivity index (χ0) is 18.5. The predicted molar refractivity (Wildman–Crippen MR) is 113 cm³/mol. The number of carbonyl (C=O) groups excluding carboxylic acids is 1. The van der Waals surface area contributed by atoms with Gasteiger partial charge in [-0.25, -0.2) is 4.98 Å². The van der Waals surface area contributed by atoms with Crippen molar-refractivity contribution in [3.8, 4) is 17.0 Å². The second kappa shape index (κ2) is 8.79. The number of hydrogen-bond acceptors (Lipinski definition) is 4. The Balaban J connectivity index is 1.58. The van der Waals surface area contributed by atoms with Gasteiger partial charge in [-0.05, 0) is 52.2 Å². The van der Waals surface area contributed by atoms with Crippen molar-refractivity contribution >= 4 is 54.2 Å². The van der Waals surface area contributed by atoms with Crippen molar-refractivity contribution < 1.29 is 9.53 Å². The predicted octanol–water partition coefficient (Wildman–Crippen LogP) is 5.92. The number of anilines is 1. The summed E-state index contributed by atoms with van der Waals surface area (Å²) >= 11 is 8.27. The zero-order valence-corrected chi connectivity index (χ0v) is 17.9. The van der Waals surface area contributed by atoms with Crippen molar-refractivity contribution in [3.63, 3.8) is 0 Å². The van der Waals surface area contributed by atoms with E-state index < -0.39 is 0 Å². The third-order valence-electron chi connectivity index (χ3n) is 3.65. The standard InChI is InChI=1S/C19H16Br2N2O2S/c1-2-12-3-8-17(15(21)9-12)25-10-18(24)23-19-22-16(11-26-19)13-4-6-14(20)7-5-13/h3-9,11H,2,10H2,1H3,(H,22,23,24). The number of aryl methyl sites for hydroxylation is 1. The van der Waals surface area contributed by atoms with Gasteiger partial charge in [0.2, 0.25) is 0 Å². The van der Waals surface area contributed by atoms with Gasteiger partial charge < -0.3 is 4.74 Å². The van der Waals surface area contributed by atoms with Gasteiger partial charge in [0.25, 0.3) is 5.91 Å². The smallest absolute Gasteiger partial charge is 0.264 e. The van der Waals surface area contributed by atoms with Crippen LogP contribution in [0.25, 0.3) is 11.3 Å². The molecule has 1 heterocycles. The fourth-order valence-electron chi connectivity index (χ4n) is 2.26. The van der Waals surface area contributed by atoms with Crippen molar-refractivity contribution in [1.82, 2.24) is 4.98 Å². The molecule has 0 bridgehead atoms. The number of rotatable bonds is 6. The summed E-state index contributed by atoms with van der Waals surface area (Å²) in [4.78, 5) is 16.6. The third kappa shape index (κ3) is 4.93. The third-order valence-corrected chi connectivity index (χ3v) is 5.56. The largest absolute Gasteiger partial charge is 0.483 e. The van der Waals surface area contributed by atoms with E-state index in [0.717, 1.165) is 26.6 Å². The van der Waals surface area contributed by atoms with Gasteiger partial charge in [0, 0.05) is 15.4 Å². The number of ether oxygens (including phenoxy) is 1. The first-order chi connectivity index (χ1) is 12.5. The molecule has 0 unspecified atom stereocenters. The Morgan fingerprint density at radius 2 is 1.96 bits per heavy atom. The Bertz CT molecular complexity index is 910. The number of aromatic nitrogens is 1. The van der Waals surface area contributed by atoms with Gasteiger partial charge in [0.1, 0.15) is 5.75 Å². The molecule has 3 aromatic rings. The number of hydrogen-bond donors (Lipinski definition) is 1. The molecule has 7 heteroatoms. The highest BCUT2D eigenvalue weighted by molar-refractivity contribution is 9.10. The summed E-state index contributed by atoms with van der Waals surface area (Å²) in [6.07, 6.45) is 0.949. The number of amides is 1. The van der Waals surface area contributed by atoms with Crippen LogP contribution in [0.4, 0.5) is 5.13 Å². The van der Waals surface area contributed by atoms with Gasteiger partial charge in [-0.2, -0.15) is 0 Å². The summed E-state index contributed by atoms with van der Waals surface area (Å²) in [7, 11) is 0. The van der Waals surface area contributed by atoms with Crippen molar-refractivity contribution in [2.24, 2.45) is 0 Å². The van der Waals surface area contributed by atoms with Gasteiger partial charge in [0.15, 0.2) is 11.7 Å².